The summed E-state index contributed by atoms with van der Waals surface area (Å²) < 4.78 is 0. The molecule has 0 aromatic carbocycles. The van der Waals surface area contributed by atoms with Crippen molar-refractivity contribution in [2.75, 3.05) is 37.6 Å². The minimum Gasteiger partial charge on any atom is -0.348 e. The number of allylic oxidation sites excluding steroid dienone is 2. The van der Waals surface area contributed by atoms with E-state index in [0.29, 0.717) is 18.4 Å². The highest BCUT2D eigenvalue weighted by atomic mass is 32.1. The fraction of sp³-hybridized carbons (Fsp3) is 0.667. The van der Waals surface area contributed by atoms with E-state index in [2.05, 4.69) is 27.7 Å². The van der Waals surface area contributed by atoms with Gasteiger partial charge in [0.2, 0.25) is 0 Å². The van der Waals surface area contributed by atoms with Crippen LogP contribution in [0.3, 0.4) is 0 Å². The average Bonchev–Trinajstić information content (AvgIpc) is 3.33. The molecule has 6 heteroatoms. The minimum atomic E-state index is 0.0967. The molecule has 4 rings (SSSR count). The molecule has 130 valence electrons. The standard InChI is InChI=1S/C18H26N4OS/c23-17(22-11-14-5-1-2-6-15(14)12-22)19-8-7-16-13-24-18(20-16)21-9-3-4-10-21/h1-2,13-15H,3-12H2,(H,19,23). The van der Waals surface area contributed by atoms with Crippen molar-refractivity contribution in [1.82, 2.24) is 15.2 Å². The number of likely N-dealkylation sites (tertiary alicyclic amines) is 1. The first-order chi connectivity index (χ1) is 11.8. The normalized spacial score (nSPS) is 26.0. The van der Waals surface area contributed by atoms with Crippen molar-refractivity contribution in [3.8, 4) is 0 Å². The maximum atomic E-state index is 12.4. The first-order valence-corrected chi connectivity index (χ1v) is 10.0. The van der Waals surface area contributed by atoms with Gasteiger partial charge in [0.25, 0.3) is 0 Å². The van der Waals surface area contributed by atoms with Crippen LogP contribution in [0.1, 0.15) is 31.4 Å². The zero-order valence-electron chi connectivity index (χ0n) is 14.1. The summed E-state index contributed by atoms with van der Waals surface area (Å²) in [5, 5.41) is 6.36. The molecule has 2 aliphatic heterocycles. The molecule has 0 bridgehead atoms. The lowest BCUT2D eigenvalue weighted by atomic mass is 9.86. The van der Waals surface area contributed by atoms with Crippen LogP contribution in [0.5, 0.6) is 0 Å². The van der Waals surface area contributed by atoms with Gasteiger partial charge in [0.15, 0.2) is 5.13 Å². The van der Waals surface area contributed by atoms with E-state index in [-0.39, 0.29) is 6.03 Å². The summed E-state index contributed by atoms with van der Waals surface area (Å²) in [6.07, 6.45) is 10.2. The van der Waals surface area contributed by atoms with E-state index < -0.39 is 0 Å². The fourth-order valence-corrected chi connectivity index (χ4v) is 4.97. The van der Waals surface area contributed by atoms with E-state index >= 15 is 0 Å². The van der Waals surface area contributed by atoms with Gasteiger partial charge in [-0.25, -0.2) is 9.78 Å². The highest BCUT2D eigenvalue weighted by Gasteiger charge is 2.34. The number of rotatable bonds is 4. The average molecular weight is 347 g/mol. The summed E-state index contributed by atoms with van der Waals surface area (Å²) in [5.74, 6) is 1.34. The first-order valence-electron chi connectivity index (χ1n) is 9.17. The van der Waals surface area contributed by atoms with E-state index in [1.807, 2.05) is 4.90 Å². The number of fused-ring (bicyclic) bond motifs is 1. The Morgan fingerprint density at radius 1 is 1.21 bits per heavy atom. The third-order valence-corrected chi connectivity index (χ3v) is 6.43. The first kappa shape index (κ1) is 15.9. The fourth-order valence-electron chi connectivity index (χ4n) is 4.05. The Hall–Kier alpha value is -1.56. The lowest BCUT2D eigenvalue weighted by Gasteiger charge is -2.17. The molecule has 5 nitrogen and oxygen atoms in total. The number of urea groups is 1. The van der Waals surface area contributed by atoms with E-state index in [9.17, 15) is 4.79 Å². The molecule has 2 fully saturated rings. The summed E-state index contributed by atoms with van der Waals surface area (Å²) >= 11 is 1.73. The molecule has 1 aromatic rings. The highest BCUT2D eigenvalue weighted by Crippen LogP contribution is 2.32. The third kappa shape index (κ3) is 3.43. The number of nitrogens with zero attached hydrogens (tertiary/aromatic N) is 3. The molecular weight excluding hydrogens is 320 g/mol. The minimum absolute atomic E-state index is 0.0967. The predicted octanol–water partition coefficient (Wildman–Crippen LogP) is 2.89. The van der Waals surface area contributed by atoms with Gasteiger partial charge in [-0.1, -0.05) is 12.2 Å². The Morgan fingerprint density at radius 3 is 2.62 bits per heavy atom. The van der Waals surface area contributed by atoms with Crippen molar-refractivity contribution in [2.24, 2.45) is 11.8 Å². The molecule has 1 aromatic heterocycles. The number of hydrogen-bond acceptors (Lipinski definition) is 4. The monoisotopic (exact) mass is 346 g/mol. The Bertz CT molecular complexity index is 592. The van der Waals surface area contributed by atoms with Crippen LogP contribution in [0.4, 0.5) is 9.93 Å². The van der Waals surface area contributed by atoms with Gasteiger partial charge in [-0.3, -0.25) is 0 Å². The second kappa shape index (κ2) is 7.13. The quantitative estimate of drug-likeness (QED) is 0.853. The summed E-state index contributed by atoms with van der Waals surface area (Å²) in [4.78, 5) is 21.4. The van der Waals surface area contributed by atoms with Crippen LogP contribution in [0.25, 0.3) is 0 Å². The molecule has 1 aliphatic carbocycles. The van der Waals surface area contributed by atoms with Gasteiger partial charge in [-0.05, 0) is 37.5 Å². The second-order valence-corrected chi connectivity index (χ2v) is 8.00. The van der Waals surface area contributed by atoms with Gasteiger partial charge in [0, 0.05) is 44.5 Å². The van der Waals surface area contributed by atoms with Crippen molar-refractivity contribution < 1.29 is 4.79 Å². The molecule has 24 heavy (non-hydrogen) atoms. The Morgan fingerprint density at radius 2 is 1.92 bits per heavy atom. The van der Waals surface area contributed by atoms with Gasteiger partial charge in [0.1, 0.15) is 0 Å². The SMILES string of the molecule is O=C(NCCc1csc(N2CCCC2)n1)N1CC2CC=CCC2C1. The van der Waals surface area contributed by atoms with Gasteiger partial charge in [0.05, 0.1) is 5.69 Å². The van der Waals surface area contributed by atoms with Crippen molar-refractivity contribution in [1.29, 1.82) is 0 Å². The maximum absolute atomic E-state index is 12.4. The molecule has 0 radical (unpaired) electrons. The van der Waals surface area contributed by atoms with Crippen LogP contribution in [0.2, 0.25) is 0 Å². The number of hydrogen-bond donors (Lipinski definition) is 1. The third-order valence-electron chi connectivity index (χ3n) is 5.48. The van der Waals surface area contributed by atoms with E-state index in [1.165, 1.54) is 12.8 Å². The molecule has 0 saturated carbocycles. The van der Waals surface area contributed by atoms with Crippen molar-refractivity contribution in [3.63, 3.8) is 0 Å². The van der Waals surface area contributed by atoms with Crippen molar-refractivity contribution >= 4 is 22.5 Å². The van der Waals surface area contributed by atoms with Crippen molar-refractivity contribution in [2.45, 2.75) is 32.1 Å². The van der Waals surface area contributed by atoms with Gasteiger partial charge in [-0.2, -0.15) is 0 Å². The zero-order valence-corrected chi connectivity index (χ0v) is 14.9. The van der Waals surface area contributed by atoms with Crippen LogP contribution in [0, 0.1) is 11.8 Å². The predicted molar refractivity (Wildman–Crippen MR) is 97.6 cm³/mol. The lowest BCUT2D eigenvalue weighted by molar-refractivity contribution is 0.206. The number of nitrogens with one attached hydrogen (secondary N) is 1. The zero-order chi connectivity index (χ0) is 16.4. The molecule has 3 aliphatic rings. The molecular formula is C18H26N4OS. The molecule has 2 atom stereocenters. The van der Waals surface area contributed by atoms with Crippen molar-refractivity contribution in [3.05, 3.63) is 23.2 Å². The Labute approximate surface area is 147 Å². The molecule has 2 unspecified atom stereocenters. The Kier molecular flexibility index (Phi) is 4.74. The summed E-state index contributed by atoms with van der Waals surface area (Å²) in [6.45, 7) is 4.77. The molecule has 3 heterocycles. The molecule has 2 amide bonds. The highest BCUT2D eigenvalue weighted by molar-refractivity contribution is 7.13. The number of thiazole rings is 1. The number of amides is 2. The molecule has 2 saturated heterocycles. The largest absolute Gasteiger partial charge is 0.348 e. The molecule has 0 spiro atoms. The topological polar surface area (TPSA) is 48.5 Å². The van der Waals surface area contributed by atoms with Gasteiger partial charge < -0.3 is 15.1 Å². The van der Waals surface area contributed by atoms with Crippen LogP contribution in [0.15, 0.2) is 17.5 Å². The van der Waals surface area contributed by atoms with Crippen LogP contribution < -0.4 is 10.2 Å². The Balaban J connectivity index is 1.22. The number of anilines is 1. The number of aromatic nitrogens is 1. The van der Waals surface area contributed by atoms with E-state index in [0.717, 1.165) is 56.3 Å². The van der Waals surface area contributed by atoms with E-state index in [1.54, 1.807) is 11.3 Å². The lowest BCUT2D eigenvalue weighted by Crippen LogP contribution is -2.39. The second-order valence-electron chi connectivity index (χ2n) is 7.17. The van der Waals surface area contributed by atoms with E-state index in [4.69, 9.17) is 4.98 Å². The number of carbonyl (C=O) groups excluding carboxylic acids is 1. The van der Waals surface area contributed by atoms with Gasteiger partial charge in [-0.15, -0.1) is 11.3 Å². The van der Waals surface area contributed by atoms with Crippen LogP contribution in [-0.4, -0.2) is 48.6 Å². The van der Waals surface area contributed by atoms with Gasteiger partial charge >= 0.3 is 6.03 Å². The van der Waals surface area contributed by atoms with Crippen LogP contribution in [-0.2, 0) is 6.42 Å². The maximum Gasteiger partial charge on any atom is 0.317 e. The number of carbonyl (C=O) groups is 1. The summed E-state index contributed by atoms with van der Waals surface area (Å²) in [6, 6.07) is 0.0967. The van der Waals surface area contributed by atoms with Crippen LogP contribution >= 0.6 is 11.3 Å². The summed E-state index contributed by atoms with van der Waals surface area (Å²) in [5.41, 5.74) is 1.10. The summed E-state index contributed by atoms with van der Waals surface area (Å²) in [7, 11) is 0. The molecule has 1 N–H and O–H groups in total. The smallest absolute Gasteiger partial charge is 0.317 e.